The Labute approximate surface area is 118 Å². The number of hydrogen-bond donors (Lipinski definition) is 1. The number of halogens is 2. The minimum absolute atomic E-state index is 0.379. The van der Waals surface area contributed by atoms with Crippen LogP contribution in [0.15, 0.2) is 18.2 Å². The molecule has 0 spiro atoms. The standard InChI is InChI=1S/C13H9Cl2NOS/c14-9-3-6-1-2-7-4-11(13(16)17)18-12(7)8(6)5-10(9)15/h3-5H,1-2H2,(H2,16,17). The summed E-state index contributed by atoms with van der Waals surface area (Å²) in [6.45, 7) is 0. The number of aryl methyl sites for hydroxylation is 2. The first-order valence-corrected chi connectivity index (χ1v) is 7.04. The molecule has 1 aromatic carbocycles. The first-order valence-electron chi connectivity index (χ1n) is 5.47. The van der Waals surface area contributed by atoms with Crippen LogP contribution in [-0.4, -0.2) is 5.91 Å². The van der Waals surface area contributed by atoms with Crippen molar-refractivity contribution in [1.82, 2.24) is 0 Å². The Kier molecular flexibility index (Phi) is 2.85. The highest BCUT2D eigenvalue weighted by molar-refractivity contribution is 7.17. The molecule has 1 heterocycles. The number of benzene rings is 1. The van der Waals surface area contributed by atoms with E-state index in [0.29, 0.717) is 14.9 Å². The summed E-state index contributed by atoms with van der Waals surface area (Å²) < 4.78 is 0. The van der Waals surface area contributed by atoms with E-state index in [2.05, 4.69) is 0 Å². The van der Waals surface area contributed by atoms with Gasteiger partial charge in [-0.05, 0) is 47.7 Å². The molecule has 0 aliphatic heterocycles. The molecule has 1 aliphatic rings. The SMILES string of the molecule is NC(=O)c1cc2c(s1)-c1cc(Cl)c(Cl)cc1CC2. The summed E-state index contributed by atoms with van der Waals surface area (Å²) in [6.07, 6.45) is 1.82. The van der Waals surface area contributed by atoms with E-state index >= 15 is 0 Å². The quantitative estimate of drug-likeness (QED) is 0.852. The van der Waals surface area contributed by atoms with Gasteiger partial charge in [-0.15, -0.1) is 11.3 Å². The summed E-state index contributed by atoms with van der Waals surface area (Å²) in [5.74, 6) is -0.379. The van der Waals surface area contributed by atoms with Crippen LogP contribution in [0.2, 0.25) is 10.0 Å². The molecule has 2 aromatic rings. The second-order valence-corrected chi connectivity index (χ2v) is 6.12. The van der Waals surface area contributed by atoms with Crippen LogP contribution in [0.4, 0.5) is 0 Å². The fourth-order valence-electron chi connectivity index (χ4n) is 2.24. The lowest BCUT2D eigenvalue weighted by Crippen LogP contribution is -2.08. The molecule has 1 aromatic heterocycles. The third-order valence-electron chi connectivity index (χ3n) is 3.11. The van der Waals surface area contributed by atoms with Crippen molar-refractivity contribution in [3.05, 3.63) is 44.2 Å². The molecule has 0 unspecified atom stereocenters. The summed E-state index contributed by atoms with van der Waals surface area (Å²) in [5, 5.41) is 1.11. The van der Waals surface area contributed by atoms with E-state index < -0.39 is 0 Å². The summed E-state index contributed by atoms with van der Waals surface area (Å²) >= 11 is 13.5. The van der Waals surface area contributed by atoms with Crippen LogP contribution < -0.4 is 5.73 Å². The second kappa shape index (κ2) is 4.26. The van der Waals surface area contributed by atoms with Gasteiger partial charge in [-0.1, -0.05) is 23.2 Å². The molecule has 5 heteroatoms. The van der Waals surface area contributed by atoms with Crippen LogP contribution in [0.5, 0.6) is 0 Å². The Morgan fingerprint density at radius 3 is 2.50 bits per heavy atom. The Morgan fingerprint density at radius 1 is 1.11 bits per heavy atom. The Hall–Kier alpha value is -1.03. The maximum atomic E-state index is 11.2. The maximum Gasteiger partial charge on any atom is 0.258 e. The molecule has 1 amide bonds. The maximum absolute atomic E-state index is 11.2. The highest BCUT2D eigenvalue weighted by atomic mass is 35.5. The highest BCUT2D eigenvalue weighted by Crippen LogP contribution is 2.42. The van der Waals surface area contributed by atoms with Gasteiger partial charge in [0.2, 0.25) is 0 Å². The number of fused-ring (bicyclic) bond motifs is 3. The van der Waals surface area contributed by atoms with E-state index in [1.54, 1.807) is 0 Å². The molecular formula is C13H9Cl2NOS. The molecule has 0 saturated carbocycles. The third-order valence-corrected chi connectivity index (χ3v) is 5.05. The number of nitrogens with two attached hydrogens (primary N) is 1. The van der Waals surface area contributed by atoms with Gasteiger partial charge in [0.1, 0.15) is 0 Å². The number of thiophene rings is 1. The molecular weight excluding hydrogens is 289 g/mol. The van der Waals surface area contributed by atoms with Gasteiger partial charge in [-0.25, -0.2) is 0 Å². The molecule has 2 nitrogen and oxygen atoms in total. The highest BCUT2D eigenvalue weighted by Gasteiger charge is 2.21. The van der Waals surface area contributed by atoms with Crippen molar-refractivity contribution in [2.45, 2.75) is 12.8 Å². The first-order chi connectivity index (χ1) is 8.56. The predicted molar refractivity (Wildman–Crippen MR) is 75.7 cm³/mol. The van der Waals surface area contributed by atoms with Gasteiger partial charge in [0.25, 0.3) is 5.91 Å². The van der Waals surface area contributed by atoms with Crippen LogP contribution in [0.25, 0.3) is 10.4 Å². The van der Waals surface area contributed by atoms with Crippen molar-refractivity contribution in [3.8, 4) is 10.4 Å². The summed E-state index contributed by atoms with van der Waals surface area (Å²) in [6, 6.07) is 5.66. The number of carbonyl (C=O) groups is 1. The van der Waals surface area contributed by atoms with Gasteiger partial charge in [-0.2, -0.15) is 0 Å². The fourth-order valence-corrected chi connectivity index (χ4v) is 3.70. The topological polar surface area (TPSA) is 43.1 Å². The number of rotatable bonds is 1. The molecule has 92 valence electrons. The van der Waals surface area contributed by atoms with Crippen molar-refractivity contribution < 1.29 is 4.79 Å². The number of hydrogen-bond acceptors (Lipinski definition) is 2. The van der Waals surface area contributed by atoms with Crippen LogP contribution in [0.1, 0.15) is 20.8 Å². The van der Waals surface area contributed by atoms with Crippen LogP contribution in [0.3, 0.4) is 0 Å². The molecule has 2 N–H and O–H groups in total. The molecule has 0 radical (unpaired) electrons. The van der Waals surface area contributed by atoms with Gasteiger partial charge in [0, 0.05) is 4.88 Å². The van der Waals surface area contributed by atoms with Gasteiger partial charge in [0.05, 0.1) is 14.9 Å². The average molecular weight is 298 g/mol. The third kappa shape index (κ3) is 1.83. The van der Waals surface area contributed by atoms with Gasteiger partial charge >= 0.3 is 0 Å². The lowest BCUT2D eigenvalue weighted by Gasteiger charge is -2.16. The number of amides is 1. The Balaban J connectivity index is 2.21. The zero-order chi connectivity index (χ0) is 12.9. The molecule has 0 saturated heterocycles. The van der Waals surface area contributed by atoms with Crippen molar-refractivity contribution in [1.29, 1.82) is 0 Å². The largest absolute Gasteiger partial charge is 0.365 e. The Bertz CT molecular complexity index is 663. The van der Waals surface area contributed by atoms with Crippen molar-refractivity contribution in [2.75, 3.05) is 0 Å². The zero-order valence-electron chi connectivity index (χ0n) is 9.30. The average Bonchev–Trinajstić information content (AvgIpc) is 2.75. The fraction of sp³-hybridized carbons (Fsp3) is 0.154. The van der Waals surface area contributed by atoms with E-state index in [0.717, 1.165) is 23.3 Å². The first kappa shape index (κ1) is 12.0. The van der Waals surface area contributed by atoms with Crippen molar-refractivity contribution in [3.63, 3.8) is 0 Å². The van der Waals surface area contributed by atoms with Gasteiger partial charge in [-0.3, -0.25) is 4.79 Å². The summed E-state index contributed by atoms with van der Waals surface area (Å²) in [4.78, 5) is 12.9. The monoisotopic (exact) mass is 297 g/mol. The minimum atomic E-state index is -0.379. The lowest BCUT2D eigenvalue weighted by atomic mass is 9.91. The van der Waals surface area contributed by atoms with E-state index in [1.165, 1.54) is 22.5 Å². The molecule has 18 heavy (non-hydrogen) atoms. The summed E-state index contributed by atoms with van der Waals surface area (Å²) in [5.41, 5.74) is 8.74. The van der Waals surface area contributed by atoms with Crippen LogP contribution >= 0.6 is 34.5 Å². The van der Waals surface area contributed by atoms with E-state index in [-0.39, 0.29) is 5.91 Å². The predicted octanol–water partition coefficient (Wildman–Crippen LogP) is 3.92. The van der Waals surface area contributed by atoms with E-state index in [1.807, 2.05) is 18.2 Å². The minimum Gasteiger partial charge on any atom is -0.365 e. The second-order valence-electron chi connectivity index (χ2n) is 4.25. The number of carbonyl (C=O) groups excluding carboxylic acids is 1. The number of primary amides is 1. The molecule has 0 fully saturated rings. The van der Waals surface area contributed by atoms with Gasteiger partial charge < -0.3 is 5.73 Å². The van der Waals surface area contributed by atoms with Crippen LogP contribution in [0, 0.1) is 0 Å². The van der Waals surface area contributed by atoms with Gasteiger partial charge in [0.15, 0.2) is 0 Å². The molecule has 3 rings (SSSR count). The summed E-state index contributed by atoms with van der Waals surface area (Å²) in [7, 11) is 0. The van der Waals surface area contributed by atoms with Crippen LogP contribution in [-0.2, 0) is 12.8 Å². The Morgan fingerprint density at radius 2 is 1.78 bits per heavy atom. The zero-order valence-corrected chi connectivity index (χ0v) is 11.6. The molecule has 0 bridgehead atoms. The molecule has 1 aliphatic carbocycles. The van der Waals surface area contributed by atoms with Crippen molar-refractivity contribution >= 4 is 40.4 Å². The van der Waals surface area contributed by atoms with E-state index in [9.17, 15) is 4.79 Å². The van der Waals surface area contributed by atoms with Crippen molar-refractivity contribution in [2.24, 2.45) is 5.73 Å². The van der Waals surface area contributed by atoms with E-state index in [4.69, 9.17) is 28.9 Å². The molecule has 0 atom stereocenters. The lowest BCUT2D eigenvalue weighted by molar-refractivity contribution is 0.100. The smallest absolute Gasteiger partial charge is 0.258 e. The normalized spacial score (nSPS) is 13.0.